The van der Waals surface area contributed by atoms with E-state index in [0.29, 0.717) is 0 Å². The van der Waals surface area contributed by atoms with Crippen molar-refractivity contribution in [2.24, 2.45) is 0 Å². The van der Waals surface area contributed by atoms with Crippen molar-refractivity contribution in [3.05, 3.63) is 18.7 Å². The van der Waals surface area contributed by atoms with Gasteiger partial charge in [0.1, 0.15) is 0 Å². The zero-order valence-corrected chi connectivity index (χ0v) is 13.8. The second-order valence-electron chi connectivity index (χ2n) is 5.50. The number of unbranched alkanes of at least 4 members (excludes halogenated alkanes) is 9. The van der Waals surface area contributed by atoms with Gasteiger partial charge in [-0.3, -0.25) is 4.79 Å². The molecule has 0 atom stereocenters. The fourth-order valence-corrected chi connectivity index (χ4v) is 2.20. The molecule has 0 aliphatic carbocycles. The molecule has 1 heterocycles. The molecule has 0 unspecified atom stereocenters. The van der Waals surface area contributed by atoms with Crippen molar-refractivity contribution < 1.29 is 9.90 Å². The maximum atomic E-state index is 9.00. The highest BCUT2D eigenvalue weighted by molar-refractivity contribution is 5.62. The number of carboxylic acid groups (broad SMARTS) is 1. The van der Waals surface area contributed by atoms with Crippen LogP contribution < -0.4 is 0 Å². The van der Waals surface area contributed by atoms with Crippen LogP contribution in [0.1, 0.15) is 78.1 Å². The number of aryl methyl sites for hydroxylation is 1. The van der Waals surface area contributed by atoms with Crippen LogP contribution in [0, 0.1) is 0 Å². The first-order valence-corrected chi connectivity index (χ1v) is 8.32. The summed E-state index contributed by atoms with van der Waals surface area (Å²) in [7, 11) is 0. The number of rotatable bonds is 11. The number of imidazole rings is 1. The van der Waals surface area contributed by atoms with Gasteiger partial charge in [0.05, 0.1) is 6.33 Å². The van der Waals surface area contributed by atoms with Gasteiger partial charge in [-0.25, -0.2) is 4.98 Å². The Hall–Kier alpha value is -1.32. The Bertz CT molecular complexity index is 320. The molecule has 1 N–H and O–H groups in total. The van der Waals surface area contributed by atoms with Crippen LogP contribution in [-0.4, -0.2) is 20.6 Å². The topological polar surface area (TPSA) is 55.1 Å². The zero-order valence-electron chi connectivity index (χ0n) is 13.8. The van der Waals surface area contributed by atoms with Crippen LogP contribution in [0.5, 0.6) is 0 Å². The summed E-state index contributed by atoms with van der Waals surface area (Å²) < 4.78 is 2.17. The van der Waals surface area contributed by atoms with Crippen molar-refractivity contribution in [1.82, 2.24) is 9.55 Å². The normalized spacial score (nSPS) is 10.0. The molecule has 0 spiro atoms. The third kappa shape index (κ3) is 16.6. The molecule has 0 aliphatic heterocycles. The molecule has 0 amide bonds. The lowest BCUT2D eigenvalue weighted by atomic mass is 10.1. The Morgan fingerprint density at radius 1 is 1.00 bits per heavy atom. The Morgan fingerprint density at radius 3 is 1.90 bits per heavy atom. The molecule has 0 bridgehead atoms. The second kappa shape index (κ2) is 15.1. The highest BCUT2D eigenvalue weighted by Crippen LogP contribution is 2.10. The molecule has 0 aliphatic rings. The summed E-state index contributed by atoms with van der Waals surface area (Å²) in [5.74, 6) is -0.833. The molecule has 0 saturated carbocycles. The summed E-state index contributed by atoms with van der Waals surface area (Å²) in [6, 6.07) is 0. The first-order valence-electron chi connectivity index (χ1n) is 8.32. The van der Waals surface area contributed by atoms with Crippen molar-refractivity contribution in [2.75, 3.05) is 0 Å². The number of aliphatic carboxylic acids is 1. The molecule has 1 rings (SSSR count). The van der Waals surface area contributed by atoms with Crippen molar-refractivity contribution in [3.63, 3.8) is 0 Å². The fraction of sp³-hybridized carbons (Fsp3) is 0.765. The summed E-state index contributed by atoms with van der Waals surface area (Å²) in [4.78, 5) is 13.0. The van der Waals surface area contributed by atoms with E-state index < -0.39 is 5.97 Å². The lowest BCUT2D eigenvalue weighted by Gasteiger charge is -2.03. The predicted molar refractivity (Wildman–Crippen MR) is 87.4 cm³/mol. The van der Waals surface area contributed by atoms with E-state index in [-0.39, 0.29) is 0 Å². The van der Waals surface area contributed by atoms with Crippen LogP contribution in [0.2, 0.25) is 0 Å². The third-order valence-electron chi connectivity index (χ3n) is 3.33. The zero-order chi connectivity index (χ0) is 15.8. The number of carbonyl (C=O) groups is 1. The Labute approximate surface area is 129 Å². The average molecular weight is 296 g/mol. The van der Waals surface area contributed by atoms with E-state index in [4.69, 9.17) is 9.90 Å². The minimum Gasteiger partial charge on any atom is -0.481 e. The van der Waals surface area contributed by atoms with Crippen LogP contribution in [0.15, 0.2) is 18.7 Å². The van der Waals surface area contributed by atoms with Gasteiger partial charge in [-0.15, -0.1) is 0 Å². The van der Waals surface area contributed by atoms with Crippen LogP contribution >= 0.6 is 0 Å². The van der Waals surface area contributed by atoms with E-state index in [1.165, 1.54) is 64.2 Å². The smallest absolute Gasteiger partial charge is 0.300 e. The molecular formula is C17H32N2O2. The molecule has 21 heavy (non-hydrogen) atoms. The highest BCUT2D eigenvalue weighted by atomic mass is 16.4. The number of hydrogen-bond donors (Lipinski definition) is 1. The summed E-state index contributed by atoms with van der Waals surface area (Å²) in [5.41, 5.74) is 0. The van der Waals surface area contributed by atoms with Crippen molar-refractivity contribution >= 4 is 5.97 Å². The maximum Gasteiger partial charge on any atom is 0.300 e. The number of carboxylic acids is 1. The minimum absolute atomic E-state index is 0.833. The lowest BCUT2D eigenvalue weighted by molar-refractivity contribution is -0.134. The largest absolute Gasteiger partial charge is 0.481 e. The highest BCUT2D eigenvalue weighted by Gasteiger charge is 1.93. The van der Waals surface area contributed by atoms with Crippen LogP contribution in [0.4, 0.5) is 0 Å². The van der Waals surface area contributed by atoms with E-state index >= 15 is 0 Å². The van der Waals surface area contributed by atoms with Crippen molar-refractivity contribution in [1.29, 1.82) is 0 Å². The lowest BCUT2D eigenvalue weighted by Crippen LogP contribution is -1.93. The fourth-order valence-electron chi connectivity index (χ4n) is 2.20. The molecule has 122 valence electrons. The average Bonchev–Trinajstić information content (AvgIpc) is 2.93. The molecule has 1 aromatic heterocycles. The van der Waals surface area contributed by atoms with Gasteiger partial charge in [0.25, 0.3) is 5.97 Å². The quantitative estimate of drug-likeness (QED) is 0.591. The van der Waals surface area contributed by atoms with E-state index in [9.17, 15) is 0 Å². The van der Waals surface area contributed by atoms with Crippen LogP contribution in [-0.2, 0) is 11.3 Å². The standard InChI is InChI=1S/C15H28N2.C2H4O2/c1-2-3-4-5-6-7-8-9-10-11-13-17-14-12-16-15-17;1-2(3)4/h12,14-15H,2-11,13H2,1H3;1H3,(H,3,4). The van der Waals surface area contributed by atoms with Gasteiger partial charge in [0.15, 0.2) is 0 Å². The van der Waals surface area contributed by atoms with Crippen LogP contribution in [0.3, 0.4) is 0 Å². The molecule has 0 saturated heterocycles. The number of hydrogen-bond acceptors (Lipinski definition) is 2. The first-order chi connectivity index (χ1) is 10.2. The minimum atomic E-state index is -0.833. The van der Waals surface area contributed by atoms with Gasteiger partial charge in [-0.2, -0.15) is 0 Å². The Balaban J connectivity index is 0.000000885. The Kier molecular flexibility index (Phi) is 14.1. The summed E-state index contributed by atoms with van der Waals surface area (Å²) in [5, 5.41) is 7.42. The van der Waals surface area contributed by atoms with E-state index in [2.05, 4.69) is 16.5 Å². The van der Waals surface area contributed by atoms with Gasteiger partial charge in [0.2, 0.25) is 0 Å². The van der Waals surface area contributed by atoms with E-state index in [1.54, 1.807) is 0 Å². The third-order valence-corrected chi connectivity index (χ3v) is 3.33. The van der Waals surface area contributed by atoms with Crippen molar-refractivity contribution in [2.45, 2.75) is 84.6 Å². The maximum absolute atomic E-state index is 9.00. The number of aromatic nitrogens is 2. The number of nitrogens with zero attached hydrogens (tertiary/aromatic N) is 2. The monoisotopic (exact) mass is 296 g/mol. The molecule has 0 aromatic carbocycles. The first kappa shape index (κ1) is 19.7. The van der Waals surface area contributed by atoms with Gasteiger partial charge >= 0.3 is 0 Å². The second-order valence-corrected chi connectivity index (χ2v) is 5.50. The summed E-state index contributed by atoms with van der Waals surface area (Å²) in [6.45, 7) is 4.50. The van der Waals surface area contributed by atoms with Gasteiger partial charge in [-0.05, 0) is 6.42 Å². The van der Waals surface area contributed by atoms with Crippen LogP contribution in [0.25, 0.3) is 0 Å². The molecule has 4 nitrogen and oxygen atoms in total. The predicted octanol–water partition coefficient (Wildman–Crippen LogP) is 4.89. The van der Waals surface area contributed by atoms with E-state index in [0.717, 1.165) is 13.5 Å². The molecule has 0 fully saturated rings. The Morgan fingerprint density at radius 2 is 1.48 bits per heavy atom. The van der Waals surface area contributed by atoms with Crippen molar-refractivity contribution in [3.8, 4) is 0 Å². The molecule has 1 aromatic rings. The van der Waals surface area contributed by atoms with Gasteiger partial charge < -0.3 is 9.67 Å². The van der Waals surface area contributed by atoms with E-state index in [1.807, 2.05) is 18.7 Å². The molecule has 0 radical (unpaired) electrons. The summed E-state index contributed by atoms with van der Waals surface area (Å²) >= 11 is 0. The van der Waals surface area contributed by atoms with Gasteiger partial charge in [-0.1, -0.05) is 64.7 Å². The SMILES string of the molecule is CC(=O)O.CCCCCCCCCCCCn1ccnc1. The van der Waals surface area contributed by atoms with Gasteiger partial charge in [0, 0.05) is 25.9 Å². The summed E-state index contributed by atoms with van der Waals surface area (Å²) in [6.07, 6.45) is 19.9. The molecule has 4 heteroatoms. The molecular weight excluding hydrogens is 264 g/mol.